The van der Waals surface area contributed by atoms with Crippen LogP contribution in [-0.2, 0) is 29.0 Å². The second-order valence-corrected chi connectivity index (χ2v) is 8.69. The first-order chi connectivity index (χ1) is 16.0. The van der Waals surface area contributed by atoms with Crippen molar-refractivity contribution in [3.05, 3.63) is 106 Å². The lowest BCUT2D eigenvalue weighted by Gasteiger charge is -2.31. The van der Waals surface area contributed by atoms with Crippen LogP contribution in [0.5, 0.6) is 0 Å². The first kappa shape index (κ1) is 24.8. The van der Waals surface area contributed by atoms with Crippen LogP contribution < -0.4 is 5.32 Å². The van der Waals surface area contributed by atoms with Crippen molar-refractivity contribution in [2.75, 3.05) is 6.54 Å². The zero-order chi connectivity index (χ0) is 23.6. The van der Waals surface area contributed by atoms with Crippen LogP contribution in [0.4, 0.5) is 0 Å². The lowest BCUT2D eigenvalue weighted by molar-refractivity contribution is -0.141. The summed E-state index contributed by atoms with van der Waals surface area (Å²) in [6.45, 7) is 2.65. The van der Waals surface area contributed by atoms with Crippen LogP contribution >= 0.6 is 23.2 Å². The van der Waals surface area contributed by atoms with Crippen molar-refractivity contribution in [3.8, 4) is 0 Å². The van der Waals surface area contributed by atoms with Crippen LogP contribution in [-0.4, -0.2) is 29.3 Å². The van der Waals surface area contributed by atoms with Crippen molar-refractivity contribution >= 4 is 35.0 Å². The molecule has 0 saturated carbocycles. The van der Waals surface area contributed by atoms with E-state index in [0.29, 0.717) is 29.4 Å². The highest BCUT2D eigenvalue weighted by molar-refractivity contribution is 6.31. The number of nitrogens with zero attached hydrogens (tertiary/aromatic N) is 1. The van der Waals surface area contributed by atoms with Gasteiger partial charge in [0, 0.05) is 36.0 Å². The summed E-state index contributed by atoms with van der Waals surface area (Å²) in [5, 5.41) is 4.13. The third-order valence-corrected chi connectivity index (χ3v) is 6.03. The molecule has 6 heteroatoms. The minimum atomic E-state index is -0.648. The van der Waals surface area contributed by atoms with Crippen molar-refractivity contribution < 1.29 is 9.59 Å². The number of amides is 2. The number of benzene rings is 3. The molecule has 3 aromatic rings. The second kappa shape index (κ2) is 12.4. The second-order valence-electron chi connectivity index (χ2n) is 7.84. The molecule has 3 rings (SSSR count). The number of nitrogens with one attached hydrogen (secondary N) is 1. The van der Waals surface area contributed by atoms with Crippen LogP contribution in [0.3, 0.4) is 0 Å². The Bertz CT molecular complexity index is 1070. The molecule has 33 heavy (non-hydrogen) atoms. The number of rotatable bonds is 10. The number of hydrogen-bond donors (Lipinski definition) is 1. The average molecular weight is 483 g/mol. The Labute approximate surface area is 205 Å². The summed E-state index contributed by atoms with van der Waals surface area (Å²) in [7, 11) is 0. The normalized spacial score (nSPS) is 11.6. The van der Waals surface area contributed by atoms with E-state index in [9.17, 15) is 9.59 Å². The van der Waals surface area contributed by atoms with Gasteiger partial charge in [0.15, 0.2) is 0 Å². The third-order valence-electron chi connectivity index (χ3n) is 5.43. The average Bonchev–Trinajstić information content (AvgIpc) is 2.81. The quantitative estimate of drug-likeness (QED) is 0.402. The van der Waals surface area contributed by atoms with E-state index in [1.165, 1.54) is 0 Å². The number of hydrogen-bond acceptors (Lipinski definition) is 2. The molecule has 0 aliphatic heterocycles. The maximum Gasteiger partial charge on any atom is 0.243 e. The Hall–Kier alpha value is -2.82. The molecule has 0 bridgehead atoms. The van der Waals surface area contributed by atoms with Gasteiger partial charge < -0.3 is 10.2 Å². The molecule has 0 aliphatic carbocycles. The molecule has 0 spiro atoms. The summed E-state index contributed by atoms with van der Waals surface area (Å²) >= 11 is 12.5. The molecule has 0 unspecified atom stereocenters. The van der Waals surface area contributed by atoms with Crippen LogP contribution in [0.1, 0.15) is 30.0 Å². The summed E-state index contributed by atoms with van der Waals surface area (Å²) in [4.78, 5) is 28.3. The topological polar surface area (TPSA) is 49.4 Å². The number of likely N-dealkylation sites (N-methyl/N-ethyl adjacent to an activating group) is 1. The highest BCUT2D eigenvalue weighted by Gasteiger charge is 2.30. The highest BCUT2D eigenvalue weighted by Crippen LogP contribution is 2.21. The molecular formula is C27H28Cl2N2O2. The largest absolute Gasteiger partial charge is 0.355 e. The molecule has 1 N–H and O–H groups in total. The Kier molecular flexibility index (Phi) is 9.35. The van der Waals surface area contributed by atoms with E-state index in [0.717, 1.165) is 16.7 Å². The minimum absolute atomic E-state index is 0.109. The zero-order valence-corrected chi connectivity index (χ0v) is 20.1. The van der Waals surface area contributed by atoms with Crippen molar-refractivity contribution in [1.29, 1.82) is 0 Å². The molecule has 0 radical (unpaired) electrons. The SMILES string of the molecule is CCNC(=O)[C@@H](Cc1ccccc1)N(Cc1cccc(Cl)c1)C(=O)CCc1ccccc1Cl. The van der Waals surface area contributed by atoms with Gasteiger partial charge in [0.05, 0.1) is 0 Å². The molecule has 4 nitrogen and oxygen atoms in total. The summed E-state index contributed by atoms with van der Waals surface area (Å²) in [6.07, 6.45) is 1.16. The van der Waals surface area contributed by atoms with E-state index in [4.69, 9.17) is 23.2 Å². The van der Waals surface area contributed by atoms with E-state index < -0.39 is 6.04 Å². The van der Waals surface area contributed by atoms with Gasteiger partial charge in [-0.1, -0.05) is 83.9 Å². The van der Waals surface area contributed by atoms with E-state index in [2.05, 4.69) is 5.32 Å². The smallest absolute Gasteiger partial charge is 0.243 e. The van der Waals surface area contributed by atoms with E-state index in [1.54, 1.807) is 11.0 Å². The minimum Gasteiger partial charge on any atom is -0.355 e. The summed E-state index contributed by atoms with van der Waals surface area (Å²) in [5.74, 6) is -0.281. The van der Waals surface area contributed by atoms with E-state index >= 15 is 0 Å². The number of aryl methyl sites for hydroxylation is 1. The molecule has 0 aromatic heterocycles. The lowest BCUT2D eigenvalue weighted by atomic mass is 10.0. The predicted octanol–water partition coefficient (Wildman–Crippen LogP) is 5.70. The van der Waals surface area contributed by atoms with Gasteiger partial charge in [0.1, 0.15) is 6.04 Å². The van der Waals surface area contributed by atoms with Gasteiger partial charge in [0.2, 0.25) is 11.8 Å². The van der Waals surface area contributed by atoms with Crippen LogP contribution in [0, 0.1) is 0 Å². The fraction of sp³-hybridized carbons (Fsp3) is 0.259. The van der Waals surface area contributed by atoms with Gasteiger partial charge in [-0.3, -0.25) is 9.59 Å². The van der Waals surface area contributed by atoms with Crippen LogP contribution in [0.25, 0.3) is 0 Å². The van der Waals surface area contributed by atoms with Gasteiger partial charge in [0.25, 0.3) is 0 Å². The molecule has 0 heterocycles. The Morgan fingerprint density at radius 3 is 2.30 bits per heavy atom. The van der Waals surface area contributed by atoms with Gasteiger partial charge in [-0.15, -0.1) is 0 Å². The van der Waals surface area contributed by atoms with Gasteiger partial charge in [-0.05, 0) is 48.2 Å². The molecule has 2 amide bonds. The van der Waals surface area contributed by atoms with Gasteiger partial charge in [-0.2, -0.15) is 0 Å². The zero-order valence-electron chi connectivity index (χ0n) is 18.6. The Morgan fingerprint density at radius 2 is 1.61 bits per heavy atom. The van der Waals surface area contributed by atoms with Crippen molar-refractivity contribution in [2.24, 2.45) is 0 Å². The Balaban J connectivity index is 1.90. The summed E-state index contributed by atoms with van der Waals surface area (Å²) in [6, 6.07) is 24.0. The van der Waals surface area contributed by atoms with Gasteiger partial charge in [-0.25, -0.2) is 0 Å². The number of carbonyl (C=O) groups is 2. The molecular weight excluding hydrogens is 455 g/mol. The standard InChI is InChI=1S/C27H28Cl2N2O2/c1-2-30-27(33)25(18-20-9-4-3-5-10-20)31(19-21-11-8-13-23(28)17-21)26(32)16-15-22-12-6-7-14-24(22)29/h3-14,17,25H,2,15-16,18-19H2,1H3,(H,30,33)/t25-/m1/s1. The fourth-order valence-electron chi connectivity index (χ4n) is 3.76. The van der Waals surface area contributed by atoms with Crippen molar-refractivity contribution in [1.82, 2.24) is 10.2 Å². The van der Waals surface area contributed by atoms with Crippen LogP contribution in [0.15, 0.2) is 78.9 Å². The maximum absolute atomic E-state index is 13.5. The van der Waals surface area contributed by atoms with Crippen molar-refractivity contribution in [3.63, 3.8) is 0 Å². The highest BCUT2D eigenvalue weighted by atomic mass is 35.5. The molecule has 1 atom stereocenters. The van der Waals surface area contributed by atoms with Crippen molar-refractivity contribution in [2.45, 2.75) is 38.8 Å². The van der Waals surface area contributed by atoms with E-state index in [-0.39, 0.29) is 24.8 Å². The molecule has 0 saturated heterocycles. The third kappa shape index (κ3) is 7.34. The first-order valence-electron chi connectivity index (χ1n) is 11.1. The lowest BCUT2D eigenvalue weighted by Crippen LogP contribution is -2.50. The predicted molar refractivity (Wildman–Crippen MR) is 134 cm³/mol. The van der Waals surface area contributed by atoms with Gasteiger partial charge >= 0.3 is 0 Å². The molecule has 172 valence electrons. The fourth-order valence-corrected chi connectivity index (χ4v) is 4.21. The summed E-state index contributed by atoms with van der Waals surface area (Å²) in [5.41, 5.74) is 2.77. The van der Waals surface area contributed by atoms with Crippen LogP contribution in [0.2, 0.25) is 10.0 Å². The number of halogens is 2. The maximum atomic E-state index is 13.5. The molecule has 0 aliphatic rings. The van der Waals surface area contributed by atoms with E-state index in [1.807, 2.05) is 79.7 Å². The molecule has 0 fully saturated rings. The molecule has 3 aromatic carbocycles. The summed E-state index contributed by atoms with van der Waals surface area (Å²) < 4.78 is 0. The monoisotopic (exact) mass is 482 g/mol. The first-order valence-corrected chi connectivity index (χ1v) is 11.8. The Morgan fingerprint density at radius 1 is 0.909 bits per heavy atom. The number of carbonyl (C=O) groups excluding carboxylic acids is 2.